The predicted molar refractivity (Wildman–Crippen MR) is 105 cm³/mol. The molecule has 1 aromatic rings. The first kappa shape index (κ1) is 22.2. The lowest BCUT2D eigenvalue weighted by molar-refractivity contribution is -0.145. The van der Waals surface area contributed by atoms with E-state index in [1.807, 2.05) is 28.9 Å². The van der Waals surface area contributed by atoms with Crippen LogP contribution in [0.15, 0.2) is 18.5 Å². The van der Waals surface area contributed by atoms with Crippen LogP contribution in [0.4, 0.5) is 0 Å². The molecule has 0 spiro atoms. The van der Waals surface area contributed by atoms with Crippen molar-refractivity contribution in [3.63, 3.8) is 0 Å². The summed E-state index contributed by atoms with van der Waals surface area (Å²) in [5.41, 5.74) is -0.518. The number of nitrogens with zero attached hydrogens (tertiary/aromatic N) is 4. The Kier molecular flexibility index (Phi) is 8.19. The van der Waals surface area contributed by atoms with Crippen LogP contribution in [-0.2, 0) is 10.3 Å². The maximum absolute atomic E-state index is 13.4. The van der Waals surface area contributed by atoms with Crippen molar-refractivity contribution in [1.29, 1.82) is 0 Å². The van der Waals surface area contributed by atoms with Crippen molar-refractivity contribution in [2.24, 2.45) is 0 Å². The fourth-order valence-electron chi connectivity index (χ4n) is 4.01. The van der Waals surface area contributed by atoms with Crippen molar-refractivity contribution < 1.29 is 4.79 Å². The molecule has 0 saturated carbocycles. The number of aromatic nitrogens is 2. The van der Waals surface area contributed by atoms with E-state index in [0.29, 0.717) is 12.1 Å². The third-order valence-corrected chi connectivity index (χ3v) is 5.82. The van der Waals surface area contributed by atoms with Crippen LogP contribution in [0.5, 0.6) is 0 Å². The van der Waals surface area contributed by atoms with Gasteiger partial charge in [0.05, 0.1) is 0 Å². The smallest absolute Gasteiger partial charge is 0.250 e. The van der Waals surface area contributed by atoms with Crippen molar-refractivity contribution in [2.75, 3.05) is 33.7 Å². The third-order valence-electron chi connectivity index (χ3n) is 5.82. The van der Waals surface area contributed by atoms with Crippen molar-refractivity contribution in [2.45, 2.75) is 50.2 Å². The van der Waals surface area contributed by atoms with Gasteiger partial charge in [-0.05, 0) is 58.8 Å². The number of amides is 1. The van der Waals surface area contributed by atoms with E-state index < -0.39 is 5.54 Å². The molecular formula is C17H31Cl2N5O. The number of hydrogen-bond donors (Lipinski definition) is 1. The number of likely N-dealkylation sites (N-methyl/N-ethyl adjacent to an activating group) is 1. The van der Waals surface area contributed by atoms with Crippen LogP contribution in [0, 0.1) is 0 Å². The largest absolute Gasteiger partial charge is 0.341 e. The Morgan fingerprint density at radius 3 is 2.56 bits per heavy atom. The highest BCUT2D eigenvalue weighted by Crippen LogP contribution is 2.31. The molecule has 2 atom stereocenters. The van der Waals surface area contributed by atoms with Gasteiger partial charge in [-0.1, -0.05) is 0 Å². The molecular weight excluding hydrogens is 361 g/mol. The van der Waals surface area contributed by atoms with Gasteiger partial charge < -0.3 is 15.1 Å². The van der Waals surface area contributed by atoms with Gasteiger partial charge in [-0.15, -0.1) is 24.8 Å². The summed E-state index contributed by atoms with van der Waals surface area (Å²) in [5, 5.41) is 7.79. The average molecular weight is 392 g/mol. The molecule has 25 heavy (non-hydrogen) atoms. The highest BCUT2D eigenvalue weighted by molar-refractivity contribution is 5.86. The molecule has 1 N–H and O–H groups in total. The Balaban J connectivity index is 0.00000156. The molecule has 2 aliphatic heterocycles. The van der Waals surface area contributed by atoms with Gasteiger partial charge in [-0.25, -0.2) is 0 Å². The number of carbonyl (C=O) groups is 1. The maximum atomic E-state index is 13.4. The lowest BCUT2D eigenvalue weighted by atomic mass is 9.85. The van der Waals surface area contributed by atoms with Gasteiger partial charge in [0, 0.05) is 38.1 Å². The fraction of sp³-hybridized carbons (Fsp3) is 0.765. The normalized spacial score (nSPS) is 26.2. The fourth-order valence-corrected chi connectivity index (χ4v) is 4.01. The van der Waals surface area contributed by atoms with Gasteiger partial charge >= 0.3 is 0 Å². The lowest BCUT2D eigenvalue weighted by Crippen LogP contribution is -2.58. The minimum absolute atomic E-state index is 0. The summed E-state index contributed by atoms with van der Waals surface area (Å²) in [5.74, 6) is 0.226. The molecule has 2 unspecified atom stereocenters. The van der Waals surface area contributed by atoms with Crippen LogP contribution in [0.2, 0.25) is 0 Å². The Morgan fingerprint density at radius 2 is 2.00 bits per heavy atom. The van der Waals surface area contributed by atoms with E-state index >= 15 is 0 Å². The molecule has 3 heterocycles. The van der Waals surface area contributed by atoms with Gasteiger partial charge in [-0.3, -0.25) is 9.48 Å². The molecule has 1 aromatic heterocycles. The van der Waals surface area contributed by atoms with Crippen molar-refractivity contribution in [3.05, 3.63) is 18.5 Å². The van der Waals surface area contributed by atoms with E-state index in [1.54, 1.807) is 6.20 Å². The molecule has 6 nitrogen and oxygen atoms in total. The summed E-state index contributed by atoms with van der Waals surface area (Å²) < 4.78 is 1.89. The molecule has 144 valence electrons. The molecule has 2 saturated heterocycles. The molecule has 0 radical (unpaired) electrons. The molecule has 2 fully saturated rings. The summed E-state index contributed by atoms with van der Waals surface area (Å²) in [6, 6.07) is 2.77. The molecule has 0 aromatic carbocycles. The quantitative estimate of drug-likeness (QED) is 0.852. The molecule has 2 aliphatic rings. The summed E-state index contributed by atoms with van der Waals surface area (Å²) in [6.45, 7) is 5.03. The molecule has 1 amide bonds. The van der Waals surface area contributed by atoms with Crippen LogP contribution < -0.4 is 5.32 Å². The maximum Gasteiger partial charge on any atom is 0.250 e. The highest BCUT2D eigenvalue weighted by Gasteiger charge is 2.45. The van der Waals surface area contributed by atoms with Crippen LogP contribution in [0.3, 0.4) is 0 Å². The van der Waals surface area contributed by atoms with E-state index in [9.17, 15) is 4.79 Å². The van der Waals surface area contributed by atoms with Crippen molar-refractivity contribution in [1.82, 2.24) is 24.9 Å². The zero-order valence-electron chi connectivity index (χ0n) is 15.4. The number of rotatable bonds is 3. The van der Waals surface area contributed by atoms with Crippen LogP contribution in [-0.4, -0.2) is 71.3 Å². The van der Waals surface area contributed by atoms with Gasteiger partial charge in [-0.2, -0.15) is 5.10 Å². The zero-order valence-corrected chi connectivity index (χ0v) is 17.0. The SMILES string of the molecule is CC1CC(N(C)C(=O)C2(n3cccn3)CCNCC2)CCN1C.Cl.Cl. The predicted octanol–water partition coefficient (Wildman–Crippen LogP) is 1.75. The number of nitrogens with one attached hydrogen (secondary N) is 1. The van der Waals surface area contributed by atoms with E-state index in [2.05, 4.69) is 29.3 Å². The summed E-state index contributed by atoms with van der Waals surface area (Å²) in [7, 11) is 4.15. The second kappa shape index (κ2) is 9.21. The Morgan fingerprint density at radius 1 is 1.32 bits per heavy atom. The first-order valence-corrected chi connectivity index (χ1v) is 8.73. The van der Waals surface area contributed by atoms with Gasteiger partial charge in [0.15, 0.2) is 0 Å². The Hall–Kier alpha value is -0.820. The van der Waals surface area contributed by atoms with E-state index in [0.717, 1.165) is 45.3 Å². The zero-order chi connectivity index (χ0) is 16.4. The van der Waals surface area contributed by atoms with E-state index in [1.165, 1.54) is 0 Å². The number of likely N-dealkylation sites (tertiary alicyclic amines) is 1. The van der Waals surface area contributed by atoms with E-state index in [4.69, 9.17) is 0 Å². The summed E-state index contributed by atoms with van der Waals surface area (Å²) in [4.78, 5) is 17.8. The highest BCUT2D eigenvalue weighted by atomic mass is 35.5. The van der Waals surface area contributed by atoms with Crippen LogP contribution in [0.1, 0.15) is 32.6 Å². The van der Waals surface area contributed by atoms with Crippen LogP contribution in [0.25, 0.3) is 0 Å². The third kappa shape index (κ3) is 4.30. The van der Waals surface area contributed by atoms with Gasteiger partial charge in [0.1, 0.15) is 5.54 Å². The standard InChI is InChI=1S/C17H29N5O.2ClH/c1-14-13-15(5-12-20(14)2)21(3)16(23)17(6-9-18-10-7-17)22-11-4-8-19-22;;/h4,8,11,14-15,18H,5-7,9-10,12-13H2,1-3H3;2*1H. The second-order valence-corrected chi connectivity index (χ2v) is 7.16. The first-order chi connectivity index (χ1) is 11.0. The average Bonchev–Trinajstić information content (AvgIpc) is 3.12. The second-order valence-electron chi connectivity index (χ2n) is 7.16. The number of carbonyl (C=O) groups excluding carboxylic acids is 1. The number of halogens is 2. The Bertz CT molecular complexity index is 533. The number of hydrogen-bond acceptors (Lipinski definition) is 4. The summed E-state index contributed by atoms with van der Waals surface area (Å²) in [6.07, 6.45) is 7.42. The minimum Gasteiger partial charge on any atom is -0.341 e. The van der Waals surface area contributed by atoms with Gasteiger partial charge in [0.2, 0.25) is 0 Å². The molecule has 3 rings (SSSR count). The number of piperidine rings is 2. The van der Waals surface area contributed by atoms with Crippen molar-refractivity contribution >= 4 is 30.7 Å². The first-order valence-electron chi connectivity index (χ1n) is 8.73. The topological polar surface area (TPSA) is 53.4 Å². The minimum atomic E-state index is -0.518. The molecule has 0 bridgehead atoms. The van der Waals surface area contributed by atoms with Crippen molar-refractivity contribution in [3.8, 4) is 0 Å². The monoisotopic (exact) mass is 391 g/mol. The lowest BCUT2D eigenvalue weighted by Gasteiger charge is -2.44. The Labute approximate surface area is 163 Å². The van der Waals surface area contributed by atoms with E-state index in [-0.39, 0.29) is 30.7 Å². The molecule has 0 aliphatic carbocycles. The molecule has 8 heteroatoms. The van der Waals surface area contributed by atoms with Gasteiger partial charge in [0.25, 0.3) is 5.91 Å². The summed E-state index contributed by atoms with van der Waals surface area (Å²) >= 11 is 0. The van der Waals surface area contributed by atoms with Crippen LogP contribution >= 0.6 is 24.8 Å².